The molecule has 0 aliphatic carbocycles. The number of aryl methyl sites for hydroxylation is 3. The van der Waals surface area contributed by atoms with E-state index in [1.807, 2.05) is 37.7 Å². The lowest BCUT2D eigenvalue weighted by molar-refractivity contribution is 0.208. The van der Waals surface area contributed by atoms with Crippen LogP contribution in [0.1, 0.15) is 36.9 Å². The van der Waals surface area contributed by atoms with Crippen LogP contribution in [0.2, 0.25) is 0 Å². The molecule has 92 valence electrons. The van der Waals surface area contributed by atoms with Gasteiger partial charge in [0.05, 0.1) is 17.6 Å². The van der Waals surface area contributed by atoms with Crippen molar-refractivity contribution in [2.24, 2.45) is 0 Å². The van der Waals surface area contributed by atoms with E-state index in [0.29, 0.717) is 0 Å². The van der Waals surface area contributed by atoms with Gasteiger partial charge in [-0.15, -0.1) is 0 Å². The Kier molecular flexibility index (Phi) is 3.28. The van der Waals surface area contributed by atoms with Crippen molar-refractivity contribution in [3.63, 3.8) is 0 Å². The first kappa shape index (κ1) is 11.9. The van der Waals surface area contributed by atoms with Gasteiger partial charge in [0.2, 0.25) is 0 Å². The average Bonchev–Trinajstić information content (AvgIpc) is 2.93. The zero-order chi connectivity index (χ0) is 12.4. The van der Waals surface area contributed by atoms with Gasteiger partial charge in [-0.3, -0.25) is 9.36 Å². The summed E-state index contributed by atoms with van der Waals surface area (Å²) >= 11 is 0. The molecular formula is C12H18N4O. The largest absolute Gasteiger partial charge is 0.382 e. The van der Waals surface area contributed by atoms with Crippen LogP contribution in [0.15, 0.2) is 18.5 Å². The van der Waals surface area contributed by atoms with Gasteiger partial charge in [0, 0.05) is 24.8 Å². The molecule has 0 aliphatic heterocycles. The molecule has 0 amide bonds. The first-order chi connectivity index (χ1) is 8.15. The number of nitrogens with zero attached hydrogens (tertiary/aromatic N) is 4. The molecule has 5 heteroatoms. The molecule has 5 nitrogen and oxygen atoms in total. The van der Waals surface area contributed by atoms with Crippen LogP contribution in [0.25, 0.3) is 0 Å². The molecule has 0 aromatic carbocycles. The minimum atomic E-state index is -0.656. The summed E-state index contributed by atoms with van der Waals surface area (Å²) in [6, 6.07) is 1.91. The monoisotopic (exact) mass is 234 g/mol. The van der Waals surface area contributed by atoms with E-state index in [1.165, 1.54) is 0 Å². The van der Waals surface area contributed by atoms with Gasteiger partial charge in [0.15, 0.2) is 0 Å². The molecule has 0 spiro atoms. The molecule has 0 radical (unpaired) electrons. The third-order valence-electron chi connectivity index (χ3n) is 2.81. The molecule has 17 heavy (non-hydrogen) atoms. The van der Waals surface area contributed by atoms with E-state index in [4.69, 9.17) is 0 Å². The van der Waals surface area contributed by atoms with Crippen molar-refractivity contribution >= 4 is 0 Å². The van der Waals surface area contributed by atoms with E-state index < -0.39 is 6.10 Å². The Hall–Kier alpha value is -1.62. The Morgan fingerprint density at radius 2 is 2.12 bits per heavy atom. The van der Waals surface area contributed by atoms with Gasteiger partial charge < -0.3 is 5.11 Å². The van der Waals surface area contributed by atoms with Crippen molar-refractivity contribution < 1.29 is 5.11 Å². The lowest BCUT2D eigenvalue weighted by Crippen LogP contribution is -2.08. The van der Waals surface area contributed by atoms with Crippen LogP contribution < -0.4 is 0 Å². The normalized spacial score (nSPS) is 12.9. The third kappa shape index (κ3) is 2.24. The number of aromatic nitrogens is 4. The molecule has 1 atom stereocenters. The van der Waals surface area contributed by atoms with Gasteiger partial charge in [0.1, 0.15) is 6.10 Å². The molecule has 2 heterocycles. The number of rotatable bonds is 4. The van der Waals surface area contributed by atoms with Gasteiger partial charge in [-0.25, -0.2) is 0 Å². The number of hydrogen-bond acceptors (Lipinski definition) is 3. The summed E-state index contributed by atoms with van der Waals surface area (Å²) in [6.45, 7) is 7.51. The third-order valence-corrected chi connectivity index (χ3v) is 2.81. The van der Waals surface area contributed by atoms with Crippen molar-refractivity contribution in [2.45, 2.75) is 40.0 Å². The van der Waals surface area contributed by atoms with Crippen LogP contribution in [0.5, 0.6) is 0 Å². The highest BCUT2D eigenvalue weighted by Gasteiger charge is 2.17. The van der Waals surface area contributed by atoms with Crippen LogP contribution in [0.4, 0.5) is 0 Å². The second-order valence-corrected chi connectivity index (χ2v) is 4.06. The maximum absolute atomic E-state index is 10.3. The predicted octanol–water partition coefficient (Wildman–Crippen LogP) is 1.51. The Balaban J connectivity index is 2.32. The molecule has 0 saturated carbocycles. The van der Waals surface area contributed by atoms with E-state index in [9.17, 15) is 5.11 Å². The Labute approximate surface area is 101 Å². The van der Waals surface area contributed by atoms with Crippen LogP contribution >= 0.6 is 0 Å². The topological polar surface area (TPSA) is 55.9 Å². The zero-order valence-corrected chi connectivity index (χ0v) is 10.5. The molecule has 2 rings (SSSR count). The highest BCUT2D eigenvalue weighted by atomic mass is 16.3. The highest BCUT2D eigenvalue weighted by molar-refractivity contribution is 5.23. The van der Waals surface area contributed by atoms with Gasteiger partial charge in [-0.05, 0) is 26.8 Å². The molecule has 1 N–H and O–H groups in total. The Bertz CT molecular complexity index is 500. The maximum atomic E-state index is 10.3. The number of aliphatic hydroxyl groups is 1. The van der Waals surface area contributed by atoms with Crippen LogP contribution in [0, 0.1) is 6.92 Å². The minimum absolute atomic E-state index is 0.656. The SMILES string of the molecule is CCn1cc(C(O)c2cc(C)nn2CC)cn1. The molecule has 0 saturated heterocycles. The van der Waals surface area contributed by atoms with E-state index in [2.05, 4.69) is 10.2 Å². The lowest BCUT2D eigenvalue weighted by Gasteiger charge is -2.10. The van der Waals surface area contributed by atoms with Gasteiger partial charge in [0.25, 0.3) is 0 Å². The first-order valence-corrected chi connectivity index (χ1v) is 5.90. The summed E-state index contributed by atoms with van der Waals surface area (Å²) in [4.78, 5) is 0. The van der Waals surface area contributed by atoms with Gasteiger partial charge >= 0.3 is 0 Å². The molecular weight excluding hydrogens is 216 g/mol. The van der Waals surface area contributed by atoms with Crippen LogP contribution in [-0.4, -0.2) is 24.7 Å². The van der Waals surface area contributed by atoms with Crippen molar-refractivity contribution in [1.82, 2.24) is 19.6 Å². The predicted molar refractivity (Wildman–Crippen MR) is 64.6 cm³/mol. The van der Waals surface area contributed by atoms with Crippen molar-refractivity contribution in [3.8, 4) is 0 Å². The second-order valence-electron chi connectivity index (χ2n) is 4.06. The fourth-order valence-corrected chi connectivity index (χ4v) is 1.90. The van der Waals surface area contributed by atoms with E-state index >= 15 is 0 Å². The summed E-state index contributed by atoms with van der Waals surface area (Å²) in [7, 11) is 0. The number of aliphatic hydroxyl groups excluding tert-OH is 1. The van der Waals surface area contributed by atoms with Crippen molar-refractivity contribution in [1.29, 1.82) is 0 Å². The van der Waals surface area contributed by atoms with Crippen LogP contribution in [-0.2, 0) is 13.1 Å². The number of hydrogen-bond donors (Lipinski definition) is 1. The Morgan fingerprint density at radius 1 is 1.35 bits per heavy atom. The quantitative estimate of drug-likeness (QED) is 0.872. The molecule has 2 aromatic rings. The molecule has 0 fully saturated rings. The maximum Gasteiger partial charge on any atom is 0.124 e. The highest BCUT2D eigenvalue weighted by Crippen LogP contribution is 2.22. The van der Waals surface area contributed by atoms with E-state index in [0.717, 1.165) is 30.0 Å². The first-order valence-electron chi connectivity index (χ1n) is 5.90. The standard InChI is InChI=1S/C12H18N4O/c1-4-15-8-10(7-13-15)12(17)11-6-9(3)14-16(11)5-2/h6-8,12,17H,4-5H2,1-3H3. The van der Waals surface area contributed by atoms with Crippen molar-refractivity contribution in [3.05, 3.63) is 35.4 Å². The zero-order valence-electron chi connectivity index (χ0n) is 10.5. The van der Waals surface area contributed by atoms with Crippen LogP contribution in [0.3, 0.4) is 0 Å². The Morgan fingerprint density at radius 3 is 2.71 bits per heavy atom. The van der Waals surface area contributed by atoms with Gasteiger partial charge in [-0.2, -0.15) is 10.2 Å². The summed E-state index contributed by atoms with van der Waals surface area (Å²) in [5, 5.41) is 18.8. The van der Waals surface area contributed by atoms with Gasteiger partial charge in [-0.1, -0.05) is 0 Å². The summed E-state index contributed by atoms with van der Waals surface area (Å²) in [5.74, 6) is 0. The lowest BCUT2D eigenvalue weighted by atomic mass is 10.1. The van der Waals surface area contributed by atoms with E-state index in [-0.39, 0.29) is 0 Å². The summed E-state index contributed by atoms with van der Waals surface area (Å²) in [6.07, 6.45) is 2.92. The summed E-state index contributed by atoms with van der Waals surface area (Å²) < 4.78 is 3.63. The molecule has 1 unspecified atom stereocenters. The smallest absolute Gasteiger partial charge is 0.124 e. The minimum Gasteiger partial charge on any atom is -0.382 e. The second kappa shape index (κ2) is 4.71. The average molecular weight is 234 g/mol. The fraction of sp³-hybridized carbons (Fsp3) is 0.500. The molecule has 2 aromatic heterocycles. The molecule has 0 aliphatic rings. The fourth-order valence-electron chi connectivity index (χ4n) is 1.90. The summed E-state index contributed by atoms with van der Waals surface area (Å²) in [5.41, 5.74) is 2.55. The van der Waals surface area contributed by atoms with Crippen molar-refractivity contribution in [2.75, 3.05) is 0 Å². The van der Waals surface area contributed by atoms with E-state index in [1.54, 1.807) is 10.9 Å². The molecule has 0 bridgehead atoms.